The first-order chi connectivity index (χ1) is 17.4. The molecule has 1 saturated heterocycles. The van der Waals surface area contributed by atoms with Crippen LogP contribution in [-0.2, 0) is 4.79 Å². The number of hydrogen-bond acceptors (Lipinski definition) is 5. The van der Waals surface area contributed by atoms with Crippen molar-refractivity contribution in [2.24, 2.45) is 4.99 Å². The third-order valence-electron chi connectivity index (χ3n) is 5.24. The van der Waals surface area contributed by atoms with Gasteiger partial charge in [-0.3, -0.25) is 9.69 Å². The fourth-order valence-corrected chi connectivity index (χ4v) is 5.53. The van der Waals surface area contributed by atoms with Gasteiger partial charge in [0.25, 0.3) is 5.91 Å². The van der Waals surface area contributed by atoms with Crippen LogP contribution in [0.5, 0.6) is 0 Å². The lowest BCUT2D eigenvalue weighted by atomic mass is 10.1. The molecule has 0 aliphatic carbocycles. The molecular weight excluding hydrogens is 502 g/mol. The van der Waals surface area contributed by atoms with Crippen molar-refractivity contribution in [1.82, 2.24) is 0 Å². The predicted octanol–water partition coefficient (Wildman–Crippen LogP) is 7.20. The number of carbonyl (C=O) groups excluding carboxylic acids is 1. The molecule has 0 bridgehead atoms. The highest BCUT2D eigenvalue weighted by Gasteiger charge is 2.35. The fourth-order valence-electron chi connectivity index (χ4n) is 3.51. The van der Waals surface area contributed by atoms with Crippen LogP contribution in [0, 0.1) is 11.6 Å². The average Bonchev–Trinajstić information content (AvgIpc) is 3.46. The number of amides is 1. The summed E-state index contributed by atoms with van der Waals surface area (Å²) >= 11 is 2.58. The Labute approximate surface area is 213 Å². The number of nitrogens with zero attached hydrogens (tertiary/aromatic N) is 2. The van der Waals surface area contributed by atoms with Gasteiger partial charge in [0.1, 0.15) is 11.6 Å². The minimum Gasteiger partial charge on any atom is -0.478 e. The van der Waals surface area contributed by atoms with Crippen molar-refractivity contribution in [3.63, 3.8) is 0 Å². The molecule has 36 heavy (non-hydrogen) atoms. The first-order valence-corrected chi connectivity index (χ1v) is 12.3. The average molecular weight is 519 g/mol. The highest BCUT2D eigenvalue weighted by Crippen LogP contribution is 2.39. The number of thiophene rings is 1. The highest BCUT2D eigenvalue weighted by atomic mass is 32.2. The van der Waals surface area contributed by atoms with Crippen LogP contribution < -0.4 is 4.90 Å². The fraction of sp³-hybridized carbons (Fsp3) is 0. The quantitative estimate of drug-likeness (QED) is 0.284. The third kappa shape index (κ3) is 4.98. The highest BCUT2D eigenvalue weighted by molar-refractivity contribution is 8.19. The van der Waals surface area contributed by atoms with E-state index in [1.165, 1.54) is 70.8 Å². The summed E-state index contributed by atoms with van der Waals surface area (Å²) in [5.41, 5.74) is 1.88. The van der Waals surface area contributed by atoms with Gasteiger partial charge in [0.2, 0.25) is 0 Å². The molecule has 4 aromatic rings. The largest absolute Gasteiger partial charge is 0.478 e. The summed E-state index contributed by atoms with van der Waals surface area (Å²) < 4.78 is 26.9. The van der Waals surface area contributed by atoms with Crippen molar-refractivity contribution in [1.29, 1.82) is 0 Å². The lowest BCUT2D eigenvalue weighted by Crippen LogP contribution is -2.28. The summed E-state index contributed by atoms with van der Waals surface area (Å²) in [7, 11) is 0. The Morgan fingerprint density at radius 2 is 1.61 bits per heavy atom. The molecule has 1 N–H and O–H groups in total. The maximum atomic E-state index is 13.5. The molecule has 9 heteroatoms. The second-order valence-electron chi connectivity index (χ2n) is 7.69. The van der Waals surface area contributed by atoms with E-state index >= 15 is 0 Å². The molecule has 0 atom stereocenters. The summed E-state index contributed by atoms with van der Waals surface area (Å²) in [5.74, 6) is -2.15. The smallest absolute Gasteiger partial charge is 0.335 e. The van der Waals surface area contributed by atoms with Gasteiger partial charge in [0, 0.05) is 9.75 Å². The van der Waals surface area contributed by atoms with Crippen molar-refractivity contribution in [2.45, 2.75) is 0 Å². The second-order valence-corrected chi connectivity index (χ2v) is 9.81. The van der Waals surface area contributed by atoms with Crippen molar-refractivity contribution in [2.75, 3.05) is 4.90 Å². The zero-order chi connectivity index (χ0) is 25.2. The standard InChI is InChI=1S/C27H16F2N2O3S2/c28-18-4-8-20(9-5-18)30-27-31(21-10-6-19(29)7-11-21)25(32)24(36-27)15-22-12-13-23(35-22)16-2-1-3-17(14-16)26(33)34/h1-15H,(H,33,34)/b24-15-,30-27?. The second kappa shape index (κ2) is 9.88. The van der Waals surface area contributed by atoms with Gasteiger partial charge in [0.15, 0.2) is 5.17 Å². The van der Waals surface area contributed by atoms with Crippen molar-refractivity contribution in [3.8, 4) is 10.4 Å². The molecule has 3 aromatic carbocycles. The Morgan fingerprint density at radius 3 is 2.31 bits per heavy atom. The van der Waals surface area contributed by atoms with E-state index in [2.05, 4.69) is 4.99 Å². The molecule has 5 nitrogen and oxygen atoms in total. The monoisotopic (exact) mass is 518 g/mol. The number of carboxylic acid groups (broad SMARTS) is 1. The van der Waals surface area contributed by atoms with Gasteiger partial charge >= 0.3 is 5.97 Å². The van der Waals surface area contributed by atoms with Crippen LogP contribution in [0.15, 0.2) is 94.8 Å². The number of rotatable bonds is 5. The van der Waals surface area contributed by atoms with Crippen molar-refractivity contribution >= 4 is 57.6 Å². The van der Waals surface area contributed by atoms with E-state index in [1.807, 2.05) is 18.2 Å². The first-order valence-electron chi connectivity index (χ1n) is 10.6. The molecule has 1 aromatic heterocycles. The minimum absolute atomic E-state index is 0.193. The molecule has 1 aliphatic rings. The molecule has 0 radical (unpaired) electrons. The van der Waals surface area contributed by atoms with E-state index in [0.29, 0.717) is 21.4 Å². The van der Waals surface area contributed by atoms with Gasteiger partial charge in [-0.15, -0.1) is 11.3 Å². The molecule has 1 aliphatic heterocycles. The number of anilines is 1. The van der Waals surface area contributed by atoms with Gasteiger partial charge in [-0.1, -0.05) is 12.1 Å². The van der Waals surface area contributed by atoms with Gasteiger partial charge in [-0.25, -0.2) is 18.6 Å². The molecule has 178 valence electrons. The van der Waals surface area contributed by atoms with Crippen LogP contribution in [-0.4, -0.2) is 22.2 Å². The van der Waals surface area contributed by atoms with Crippen molar-refractivity contribution in [3.05, 3.63) is 112 Å². The number of amidine groups is 1. The van der Waals surface area contributed by atoms with Crippen LogP contribution >= 0.6 is 23.1 Å². The summed E-state index contributed by atoms with van der Waals surface area (Å²) in [6.45, 7) is 0. The van der Waals surface area contributed by atoms with Gasteiger partial charge in [-0.2, -0.15) is 0 Å². The number of carbonyl (C=O) groups is 2. The van der Waals surface area contributed by atoms with Crippen LogP contribution in [0.4, 0.5) is 20.2 Å². The van der Waals surface area contributed by atoms with E-state index < -0.39 is 17.6 Å². The number of carboxylic acids is 1. The third-order valence-corrected chi connectivity index (χ3v) is 7.29. The summed E-state index contributed by atoms with van der Waals surface area (Å²) in [6, 6.07) is 21.5. The molecule has 0 unspecified atom stereocenters. The van der Waals surface area contributed by atoms with E-state index in [1.54, 1.807) is 18.2 Å². The molecule has 0 saturated carbocycles. The Bertz CT molecular complexity index is 1530. The molecule has 0 spiro atoms. The minimum atomic E-state index is -1.00. The SMILES string of the molecule is O=C(O)c1cccc(-c2ccc(/C=C3\SC(=Nc4ccc(F)cc4)N(c4ccc(F)cc4)C3=O)s2)c1. The number of aromatic carboxylic acids is 1. The van der Waals surface area contributed by atoms with E-state index in [-0.39, 0.29) is 11.5 Å². The van der Waals surface area contributed by atoms with Crippen LogP contribution in [0.2, 0.25) is 0 Å². The van der Waals surface area contributed by atoms with Crippen molar-refractivity contribution < 1.29 is 23.5 Å². The number of thioether (sulfide) groups is 1. The number of benzene rings is 3. The Morgan fingerprint density at radius 1 is 0.917 bits per heavy atom. The van der Waals surface area contributed by atoms with E-state index in [0.717, 1.165) is 27.1 Å². The number of halogens is 2. The summed E-state index contributed by atoms with van der Waals surface area (Å²) in [6.07, 6.45) is 1.74. The molecular formula is C27H16F2N2O3S2. The zero-order valence-electron chi connectivity index (χ0n) is 18.4. The van der Waals surface area contributed by atoms with Crippen LogP contribution in [0.25, 0.3) is 16.5 Å². The maximum Gasteiger partial charge on any atom is 0.335 e. The molecule has 5 rings (SSSR count). The summed E-state index contributed by atoms with van der Waals surface area (Å²) in [4.78, 5) is 32.7. The van der Waals surface area contributed by atoms with Crippen LogP contribution in [0.1, 0.15) is 15.2 Å². The van der Waals surface area contributed by atoms with E-state index in [9.17, 15) is 23.5 Å². The normalized spacial score (nSPS) is 15.7. The van der Waals surface area contributed by atoms with Gasteiger partial charge in [0.05, 0.1) is 21.8 Å². The predicted molar refractivity (Wildman–Crippen MR) is 140 cm³/mol. The Balaban J connectivity index is 1.50. The molecule has 1 amide bonds. The first kappa shape index (κ1) is 23.7. The van der Waals surface area contributed by atoms with Gasteiger partial charge in [-0.05, 0) is 96.2 Å². The topological polar surface area (TPSA) is 70.0 Å². The lowest BCUT2D eigenvalue weighted by Gasteiger charge is -2.15. The van der Waals surface area contributed by atoms with Gasteiger partial charge < -0.3 is 5.11 Å². The zero-order valence-corrected chi connectivity index (χ0v) is 20.0. The molecule has 2 heterocycles. The summed E-state index contributed by atoms with van der Waals surface area (Å²) in [5, 5.41) is 9.61. The van der Waals surface area contributed by atoms with Crippen LogP contribution in [0.3, 0.4) is 0 Å². The molecule has 1 fully saturated rings. The Kier molecular flexibility index (Phi) is 6.49. The lowest BCUT2D eigenvalue weighted by molar-refractivity contribution is -0.113. The van der Waals surface area contributed by atoms with E-state index in [4.69, 9.17) is 0 Å². The number of aliphatic imine (C=N–C) groups is 1. The Hall–Kier alpha value is -4.08. The number of hydrogen-bond donors (Lipinski definition) is 1. The maximum absolute atomic E-state index is 13.5.